The van der Waals surface area contributed by atoms with Crippen LogP contribution in [0.4, 0.5) is 0 Å². The molecule has 0 aliphatic heterocycles. The summed E-state index contributed by atoms with van der Waals surface area (Å²) >= 11 is 0. The zero-order chi connectivity index (χ0) is 14.0. The summed E-state index contributed by atoms with van der Waals surface area (Å²) in [6.45, 7) is 1.94. The van der Waals surface area contributed by atoms with Crippen molar-refractivity contribution in [2.75, 3.05) is 6.26 Å². The van der Waals surface area contributed by atoms with Gasteiger partial charge in [0.05, 0.1) is 4.90 Å². The van der Waals surface area contributed by atoms with Gasteiger partial charge in [0.15, 0.2) is 9.84 Å². The molecule has 0 saturated carbocycles. The molecule has 0 aliphatic carbocycles. The third-order valence-electron chi connectivity index (χ3n) is 3.03. The molecule has 1 atom stereocenters. The van der Waals surface area contributed by atoms with E-state index in [0.717, 1.165) is 16.7 Å². The molecule has 0 spiro atoms. The minimum absolute atomic E-state index is 0.0183. The first kappa shape index (κ1) is 13.8. The SMILES string of the molecule is C[C@H](N)c1cccc(-c2ccc(S(C)(=O)=O)cc2)c1. The molecule has 2 rings (SSSR count). The van der Waals surface area contributed by atoms with E-state index in [0.29, 0.717) is 4.90 Å². The molecule has 0 heterocycles. The number of hydrogen-bond donors (Lipinski definition) is 1. The van der Waals surface area contributed by atoms with Crippen LogP contribution >= 0.6 is 0 Å². The van der Waals surface area contributed by atoms with Gasteiger partial charge in [0.1, 0.15) is 0 Å². The molecule has 2 aromatic rings. The molecule has 19 heavy (non-hydrogen) atoms. The fourth-order valence-electron chi connectivity index (χ4n) is 1.90. The van der Waals surface area contributed by atoms with Crippen LogP contribution in [0.3, 0.4) is 0 Å². The van der Waals surface area contributed by atoms with Gasteiger partial charge in [0.25, 0.3) is 0 Å². The third kappa shape index (κ3) is 3.22. The lowest BCUT2D eigenvalue weighted by Crippen LogP contribution is -2.04. The normalized spacial score (nSPS) is 13.2. The minimum atomic E-state index is -3.14. The second-order valence-electron chi connectivity index (χ2n) is 4.71. The van der Waals surface area contributed by atoms with Crippen molar-refractivity contribution in [1.82, 2.24) is 0 Å². The number of nitrogens with two attached hydrogens (primary N) is 1. The van der Waals surface area contributed by atoms with Crippen molar-refractivity contribution in [2.24, 2.45) is 5.73 Å². The summed E-state index contributed by atoms with van der Waals surface area (Å²) < 4.78 is 22.8. The van der Waals surface area contributed by atoms with Crippen LogP contribution in [0.15, 0.2) is 53.4 Å². The first-order valence-electron chi connectivity index (χ1n) is 6.04. The van der Waals surface area contributed by atoms with Gasteiger partial charge in [0, 0.05) is 12.3 Å². The Labute approximate surface area is 114 Å². The predicted molar refractivity (Wildman–Crippen MR) is 77.6 cm³/mol. The molecular formula is C15H17NO2S. The molecule has 4 heteroatoms. The fourth-order valence-corrected chi connectivity index (χ4v) is 2.53. The van der Waals surface area contributed by atoms with Gasteiger partial charge in [-0.3, -0.25) is 0 Å². The minimum Gasteiger partial charge on any atom is -0.324 e. The topological polar surface area (TPSA) is 60.2 Å². The highest BCUT2D eigenvalue weighted by atomic mass is 32.2. The maximum atomic E-state index is 11.4. The molecule has 0 fully saturated rings. The van der Waals surface area contributed by atoms with Crippen molar-refractivity contribution in [3.63, 3.8) is 0 Å². The van der Waals surface area contributed by atoms with E-state index in [-0.39, 0.29) is 6.04 Å². The standard InChI is InChI=1S/C15H17NO2S/c1-11(16)13-4-3-5-14(10-13)12-6-8-15(9-7-12)19(2,17)18/h3-11H,16H2,1-2H3/t11-/m0/s1. The molecule has 0 unspecified atom stereocenters. The number of benzene rings is 2. The number of sulfone groups is 1. The van der Waals surface area contributed by atoms with Crippen molar-refractivity contribution in [1.29, 1.82) is 0 Å². The summed E-state index contributed by atoms with van der Waals surface area (Å²) in [7, 11) is -3.14. The van der Waals surface area contributed by atoms with Crippen molar-refractivity contribution >= 4 is 9.84 Å². The lowest BCUT2D eigenvalue weighted by Gasteiger charge is -2.09. The van der Waals surface area contributed by atoms with E-state index in [9.17, 15) is 8.42 Å². The summed E-state index contributed by atoms with van der Waals surface area (Å²) in [5, 5.41) is 0. The summed E-state index contributed by atoms with van der Waals surface area (Å²) in [4.78, 5) is 0.333. The monoisotopic (exact) mass is 275 g/mol. The summed E-state index contributed by atoms with van der Waals surface area (Å²) in [6.07, 6.45) is 1.21. The highest BCUT2D eigenvalue weighted by Gasteiger charge is 2.07. The van der Waals surface area contributed by atoms with Crippen LogP contribution in [0, 0.1) is 0 Å². The molecule has 3 nitrogen and oxygen atoms in total. The van der Waals surface area contributed by atoms with E-state index in [1.807, 2.05) is 43.3 Å². The summed E-state index contributed by atoms with van der Waals surface area (Å²) in [5.41, 5.74) is 8.94. The first-order chi connectivity index (χ1) is 8.88. The number of hydrogen-bond acceptors (Lipinski definition) is 3. The molecule has 100 valence electrons. The quantitative estimate of drug-likeness (QED) is 0.937. The summed E-state index contributed by atoms with van der Waals surface area (Å²) in [5.74, 6) is 0. The zero-order valence-electron chi connectivity index (χ0n) is 11.0. The highest BCUT2D eigenvalue weighted by Crippen LogP contribution is 2.23. The van der Waals surface area contributed by atoms with Crippen molar-refractivity contribution in [3.8, 4) is 11.1 Å². The molecule has 0 radical (unpaired) electrons. The molecule has 0 bridgehead atoms. The fraction of sp³-hybridized carbons (Fsp3) is 0.200. The van der Waals surface area contributed by atoms with Gasteiger partial charge >= 0.3 is 0 Å². The Balaban J connectivity index is 2.40. The van der Waals surface area contributed by atoms with E-state index in [4.69, 9.17) is 5.73 Å². The Morgan fingerprint density at radius 1 is 1.00 bits per heavy atom. The van der Waals surface area contributed by atoms with Crippen LogP contribution in [0.5, 0.6) is 0 Å². The van der Waals surface area contributed by atoms with E-state index < -0.39 is 9.84 Å². The van der Waals surface area contributed by atoms with Gasteiger partial charge in [0.2, 0.25) is 0 Å². The molecule has 2 N–H and O–H groups in total. The van der Waals surface area contributed by atoms with E-state index in [1.54, 1.807) is 12.1 Å². The maximum absolute atomic E-state index is 11.4. The third-order valence-corrected chi connectivity index (χ3v) is 4.16. The van der Waals surface area contributed by atoms with Gasteiger partial charge in [-0.1, -0.05) is 30.3 Å². The van der Waals surface area contributed by atoms with Crippen LogP contribution in [-0.4, -0.2) is 14.7 Å². The van der Waals surface area contributed by atoms with Gasteiger partial charge in [-0.05, 0) is 41.8 Å². The van der Waals surface area contributed by atoms with Gasteiger partial charge < -0.3 is 5.73 Å². The molecular weight excluding hydrogens is 258 g/mol. The van der Waals surface area contributed by atoms with Crippen molar-refractivity contribution in [2.45, 2.75) is 17.9 Å². The zero-order valence-corrected chi connectivity index (χ0v) is 11.8. The van der Waals surface area contributed by atoms with Gasteiger partial charge in [-0.15, -0.1) is 0 Å². The van der Waals surface area contributed by atoms with E-state index in [1.165, 1.54) is 6.26 Å². The van der Waals surface area contributed by atoms with Crippen LogP contribution in [0.2, 0.25) is 0 Å². The maximum Gasteiger partial charge on any atom is 0.175 e. The Bertz CT molecular complexity index is 674. The number of rotatable bonds is 3. The largest absolute Gasteiger partial charge is 0.324 e. The predicted octanol–water partition coefficient (Wildman–Crippen LogP) is 2.78. The molecule has 2 aromatic carbocycles. The Morgan fingerprint density at radius 3 is 2.16 bits per heavy atom. The molecule has 0 aliphatic rings. The van der Waals surface area contributed by atoms with Crippen molar-refractivity contribution in [3.05, 3.63) is 54.1 Å². The molecule has 0 saturated heterocycles. The van der Waals surface area contributed by atoms with Crippen molar-refractivity contribution < 1.29 is 8.42 Å². The lowest BCUT2D eigenvalue weighted by molar-refractivity contribution is 0.602. The Morgan fingerprint density at radius 2 is 1.63 bits per heavy atom. The van der Waals surface area contributed by atoms with Crippen LogP contribution < -0.4 is 5.73 Å². The van der Waals surface area contributed by atoms with E-state index >= 15 is 0 Å². The Kier molecular flexibility index (Phi) is 3.73. The van der Waals surface area contributed by atoms with Crippen LogP contribution in [-0.2, 0) is 9.84 Å². The highest BCUT2D eigenvalue weighted by molar-refractivity contribution is 7.90. The lowest BCUT2D eigenvalue weighted by atomic mass is 10.0. The molecule has 0 amide bonds. The van der Waals surface area contributed by atoms with Gasteiger partial charge in [-0.25, -0.2) is 8.42 Å². The second-order valence-corrected chi connectivity index (χ2v) is 6.73. The average Bonchev–Trinajstić information content (AvgIpc) is 2.38. The Hall–Kier alpha value is -1.65. The molecule has 0 aromatic heterocycles. The average molecular weight is 275 g/mol. The second kappa shape index (κ2) is 5.15. The van der Waals surface area contributed by atoms with E-state index in [2.05, 4.69) is 0 Å². The summed E-state index contributed by atoms with van der Waals surface area (Å²) in [6, 6.07) is 14.8. The first-order valence-corrected chi connectivity index (χ1v) is 7.93. The van der Waals surface area contributed by atoms with Crippen LogP contribution in [0.1, 0.15) is 18.5 Å². The van der Waals surface area contributed by atoms with Crippen LogP contribution in [0.25, 0.3) is 11.1 Å². The van der Waals surface area contributed by atoms with Gasteiger partial charge in [-0.2, -0.15) is 0 Å². The smallest absolute Gasteiger partial charge is 0.175 e.